The zero-order chi connectivity index (χ0) is 28.7. The van der Waals surface area contributed by atoms with E-state index in [-0.39, 0.29) is 17.3 Å². The molecule has 0 spiro atoms. The van der Waals surface area contributed by atoms with Gasteiger partial charge >= 0.3 is 0 Å². The van der Waals surface area contributed by atoms with Gasteiger partial charge in [0.15, 0.2) is 9.84 Å². The molecule has 5 heterocycles. The Labute approximate surface area is 236 Å². The number of hydrogen-bond donors (Lipinski definition) is 1. The zero-order valence-corrected chi connectivity index (χ0v) is 23.4. The summed E-state index contributed by atoms with van der Waals surface area (Å²) >= 11 is 0. The molecule has 0 aliphatic carbocycles. The van der Waals surface area contributed by atoms with Gasteiger partial charge in [-0.25, -0.2) is 18.4 Å². The summed E-state index contributed by atoms with van der Waals surface area (Å²) in [5.41, 5.74) is 7.23. The van der Waals surface area contributed by atoms with Gasteiger partial charge in [0.2, 0.25) is 0 Å². The van der Waals surface area contributed by atoms with Crippen molar-refractivity contribution in [2.45, 2.75) is 25.3 Å². The monoisotopic (exact) mass is 563 g/mol. The number of amides is 1. The predicted octanol–water partition coefficient (Wildman–Crippen LogP) is 5.45. The van der Waals surface area contributed by atoms with Crippen LogP contribution in [0.25, 0.3) is 44.5 Å². The van der Waals surface area contributed by atoms with Crippen LogP contribution in [0, 0.1) is 13.8 Å². The minimum absolute atomic E-state index is 0.0475. The molecule has 0 saturated heterocycles. The van der Waals surface area contributed by atoms with Crippen molar-refractivity contribution >= 4 is 37.6 Å². The van der Waals surface area contributed by atoms with Gasteiger partial charge in [0, 0.05) is 45.7 Å². The Balaban J connectivity index is 1.23. The number of nitrogens with zero attached hydrogens (tertiary/aromatic N) is 4. The highest BCUT2D eigenvalue weighted by atomic mass is 32.2. The van der Waals surface area contributed by atoms with E-state index in [1.54, 1.807) is 18.3 Å². The van der Waals surface area contributed by atoms with Gasteiger partial charge in [0.25, 0.3) is 5.91 Å². The maximum atomic E-state index is 12.9. The van der Waals surface area contributed by atoms with E-state index < -0.39 is 9.84 Å². The number of rotatable bonds is 6. The van der Waals surface area contributed by atoms with Gasteiger partial charge in [0.05, 0.1) is 34.8 Å². The molecular formula is C31H25N5O4S. The summed E-state index contributed by atoms with van der Waals surface area (Å²) in [5, 5.41) is 4.08. The Bertz CT molecular complexity index is 2070. The highest BCUT2D eigenvalue weighted by Crippen LogP contribution is 2.27. The van der Waals surface area contributed by atoms with Crippen molar-refractivity contribution < 1.29 is 17.6 Å². The molecule has 0 aliphatic rings. The smallest absolute Gasteiger partial charge is 0.251 e. The number of sulfone groups is 1. The number of aromatic nitrogens is 4. The SMILES string of the molecule is Cc1cc(-c2cccc(-c3ccc4cnc(CNC(=O)c5ccc6occ(S(C)(=O)=O)c6c5)cc4n3)n2)cc(C)n1. The molecule has 41 heavy (non-hydrogen) atoms. The van der Waals surface area contributed by atoms with Crippen LogP contribution in [0.15, 0.2) is 88.5 Å². The molecule has 0 aliphatic heterocycles. The quantitative estimate of drug-likeness (QED) is 0.283. The molecule has 10 heteroatoms. The van der Waals surface area contributed by atoms with Gasteiger partial charge < -0.3 is 9.73 Å². The number of carbonyl (C=O) groups excluding carboxylic acids is 1. The Morgan fingerprint density at radius 1 is 0.878 bits per heavy atom. The molecular weight excluding hydrogens is 538 g/mol. The Kier molecular flexibility index (Phi) is 6.55. The molecule has 204 valence electrons. The number of carbonyl (C=O) groups is 1. The summed E-state index contributed by atoms with van der Waals surface area (Å²) in [6.45, 7) is 4.09. The molecule has 5 aromatic heterocycles. The van der Waals surface area contributed by atoms with Crippen LogP contribution in [0.1, 0.15) is 27.4 Å². The number of benzene rings is 1. The summed E-state index contributed by atoms with van der Waals surface area (Å²) in [4.78, 5) is 31.5. The fourth-order valence-electron chi connectivity index (χ4n) is 4.72. The minimum atomic E-state index is -3.50. The van der Waals surface area contributed by atoms with Crippen LogP contribution in [-0.2, 0) is 16.4 Å². The lowest BCUT2D eigenvalue weighted by Gasteiger charge is -2.08. The molecule has 0 atom stereocenters. The number of pyridine rings is 4. The summed E-state index contributed by atoms with van der Waals surface area (Å²) in [7, 11) is -3.50. The summed E-state index contributed by atoms with van der Waals surface area (Å²) in [6, 6.07) is 20.3. The lowest BCUT2D eigenvalue weighted by molar-refractivity contribution is 0.0950. The number of hydrogen-bond acceptors (Lipinski definition) is 8. The maximum absolute atomic E-state index is 12.9. The lowest BCUT2D eigenvalue weighted by atomic mass is 10.1. The number of fused-ring (bicyclic) bond motifs is 2. The van der Waals surface area contributed by atoms with Gasteiger partial charge in [-0.1, -0.05) is 6.07 Å². The van der Waals surface area contributed by atoms with Crippen molar-refractivity contribution in [2.24, 2.45) is 0 Å². The Hall–Kier alpha value is -4.96. The number of aryl methyl sites for hydroxylation is 2. The Morgan fingerprint density at radius 2 is 1.63 bits per heavy atom. The summed E-state index contributed by atoms with van der Waals surface area (Å²) in [6.07, 6.45) is 4.01. The molecule has 6 rings (SSSR count). The fraction of sp³-hybridized carbons (Fsp3) is 0.129. The first-order chi connectivity index (χ1) is 19.6. The first-order valence-corrected chi connectivity index (χ1v) is 14.7. The predicted molar refractivity (Wildman–Crippen MR) is 156 cm³/mol. The molecule has 0 bridgehead atoms. The van der Waals surface area contributed by atoms with Crippen LogP contribution in [0.2, 0.25) is 0 Å². The minimum Gasteiger partial charge on any atom is -0.463 e. The molecule has 0 unspecified atom stereocenters. The summed E-state index contributed by atoms with van der Waals surface area (Å²) < 4.78 is 29.4. The zero-order valence-electron chi connectivity index (χ0n) is 22.5. The van der Waals surface area contributed by atoms with Gasteiger partial charge in [-0.2, -0.15) is 0 Å². The molecule has 0 radical (unpaired) electrons. The average Bonchev–Trinajstić information content (AvgIpc) is 3.39. The van der Waals surface area contributed by atoms with Gasteiger partial charge in [-0.15, -0.1) is 0 Å². The van der Waals surface area contributed by atoms with E-state index in [1.807, 2.05) is 62.4 Å². The van der Waals surface area contributed by atoms with Gasteiger partial charge in [-0.05, 0) is 74.5 Å². The second-order valence-corrected chi connectivity index (χ2v) is 11.9. The van der Waals surface area contributed by atoms with E-state index in [4.69, 9.17) is 14.4 Å². The van der Waals surface area contributed by atoms with Crippen LogP contribution >= 0.6 is 0 Å². The van der Waals surface area contributed by atoms with Crippen molar-refractivity contribution in [3.8, 4) is 22.6 Å². The molecule has 1 amide bonds. The van der Waals surface area contributed by atoms with Crippen molar-refractivity contribution in [1.82, 2.24) is 25.3 Å². The van der Waals surface area contributed by atoms with Crippen molar-refractivity contribution in [2.75, 3.05) is 6.26 Å². The van der Waals surface area contributed by atoms with Crippen molar-refractivity contribution in [3.05, 3.63) is 102 Å². The van der Waals surface area contributed by atoms with Crippen LogP contribution in [0.4, 0.5) is 0 Å². The van der Waals surface area contributed by atoms with E-state index in [1.165, 1.54) is 12.3 Å². The third-order valence-electron chi connectivity index (χ3n) is 6.65. The highest BCUT2D eigenvalue weighted by Gasteiger charge is 2.17. The second kappa shape index (κ2) is 10.2. The third kappa shape index (κ3) is 5.42. The molecule has 9 nitrogen and oxygen atoms in total. The highest BCUT2D eigenvalue weighted by molar-refractivity contribution is 7.91. The first kappa shape index (κ1) is 26.3. The number of furan rings is 1. The van der Waals surface area contributed by atoms with Gasteiger partial charge in [-0.3, -0.25) is 14.8 Å². The topological polar surface area (TPSA) is 128 Å². The van der Waals surface area contributed by atoms with E-state index >= 15 is 0 Å². The van der Waals surface area contributed by atoms with E-state index in [2.05, 4.69) is 15.3 Å². The largest absolute Gasteiger partial charge is 0.463 e. The normalized spacial score (nSPS) is 11.7. The third-order valence-corrected chi connectivity index (χ3v) is 7.76. The molecule has 6 aromatic rings. The van der Waals surface area contributed by atoms with E-state index in [0.29, 0.717) is 22.2 Å². The van der Waals surface area contributed by atoms with Crippen LogP contribution < -0.4 is 5.32 Å². The second-order valence-electron chi connectivity index (χ2n) is 9.88. The van der Waals surface area contributed by atoms with Crippen LogP contribution in [0.3, 0.4) is 0 Å². The molecule has 1 N–H and O–H groups in total. The van der Waals surface area contributed by atoms with E-state index in [9.17, 15) is 13.2 Å². The molecule has 0 saturated carbocycles. The number of nitrogens with one attached hydrogen (secondary N) is 1. The standard InChI is InChI=1S/C31H25N5O4S/c1-18-11-22(12-19(2)34-18)25-5-4-6-26(35-25)27-9-7-21-15-32-23(14-28(21)36-27)16-33-31(37)20-8-10-29-24(13-20)30(17-40-29)41(3,38)39/h4-15,17H,16H2,1-3H3,(H,33,37). The first-order valence-electron chi connectivity index (χ1n) is 12.8. The summed E-state index contributed by atoms with van der Waals surface area (Å²) in [5.74, 6) is -0.362. The lowest BCUT2D eigenvalue weighted by Crippen LogP contribution is -2.23. The maximum Gasteiger partial charge on any atom is 0.251 e. The Morgan fingerprint density at radius 3 is 2.41 bits per heavy atom. The molecule has 1 aromatic carbocycles. The van der Waals surface area contributed by atoms with Gasteiger partial charge in [0.1, 0.15) is 16.7 Å². The van der Waals surface area contributed by atoms with Crippen LogP contribution in [-0.4, -0.2) is 40.5 Å². The van der Waals surface area contributed by atoms with E-state index in [0.717, 1.165) is 51.2 Å². The fourth-order valence-corrected chi connectivity index (χ4v) is 5.51. The van der Waals surface area contributed by atoms with Crippen LogP contribution in [0.5, 0.6) is 0 Å². The average molecular weight is 564 g/mol. The van der Waals surface area contributed by atoms with Crippen molar-refractivity contribution in [3.63, 3.8) is 0 Å². The van der Waals surface area contributed by atoms with Crippen molar-refractivity contribution in [1.29, 1.82) is 0 Å². The molecule has 0 fully saturated rings.